The molecular weight excluding hydrogens is 290 g/mol. The summed E-state index contributed by atoms with van der Waals surface area (Å²) in [5.74, 6) is -0.349. The summed E-state index contributed by atoms with van der Waals surface area (Å²) in [5.41, 5.74) is 0.178. The molecule has 1 aliphatic rings. The van der Waals surface area contributed by atoms with Crippen molar-refractivity contribution in [1.29, 1.82) is 0 Å². The van der Waals surface area contributed by atoms with E-state index in [1.807, 2.05) is 6.92 Å². The number of ether oxygens (including phenoxy) is 1. The van der Waals surface area contributed by atoms with Crippen LogP contribution in [0.15, 0.2) is 24.3 Å². The van der Waals surface area contributed by atoms with Gasteiger partial charge in [0.2, 0.25) is 0 Å². The highest BCUT2D eigenvalue weighted by Crippen LogP contribution is 2.22. The van der Waals surface area contributed by atoms with Crippen LogP contribution in [-0.2, 0) is 0 Å². The van der Waals surface area contributed by atoms with Gasteiger partial charge >= 0.3 is 6.61 Å². The summed E-state index contributed by atoms with van der Waals surface area (Å²) in [6, 6.07) is 6.28. The summed E-state index contributed by atoms with van der Waals surface area (Å²) in [7, 11) is 0. The van der Waals surface area contributed by atoms with Gasteiger partial charge in [0.05, 0.1) is 5.56 Å². The lowest BCUT2D eigenvalue weighted by atomic mass is 10.1. The molecule has 1 aromatic rings. The maximum atomic E-state index is 12.3. The smallest absolute Gasteiger partial charge is 0.387 e. The van der Waals surface area contributed by atoms with Gasteiger partial charge in [-0.25, -0.2) is 0 Å². The van der Waals surface area contributed by atoms with Crippen LogP contribution in [0.4, 0.5) is 8.78 Å². The number of amides is 1. The molecule has 1 aromatic carbocycles. The normalized spacial score (nSPS) is 18.6. The third-order valence-corrected chi connectivity index (χ3v) is 2.99. The summed E-state index contributed by atoms with van der Waals surface area (Å²) in [6.07, 6.45) is 0. The Morgan fingerprint density at radius 3 is 2.80 bits per heavy atom. The van der Waals surface area contributed by atoms with Gasteiger partial charge in [-0.1, -0.05) is 12.1 Å². The standard InChI is InChI=1S/C13H16F2N2O2.ClH/c1-9-8-17(7-6-16-9)12(18)10-4-2-3-5-11(10)19-13(14)15;/h2-5,9,13,16H,6-8H2,1H3;1H/t9-;/m1./s1. The Balaban J connectivity index is 0.00000200. The van der Waals surface area contributed by atoms with Gasteiger partial charge in [-0.2, -0.15) is 8.78 Å². The van der Waals surface area contributed by atoms with Crippen LogP contribution in [-0.4, -0.2) is 43.1 Å². The number of alkyl halides is 2. The molecule has 7 heteroatoms. The Hall–Kier alpha value is -1.40. The Bertz CT molecular complexity index is 460. The second kappa shape index (κ2) is 7.40. The van der Waals surface area contributed by atoms with Gasteiger partial charge in [0, 0.05) is 25.7 Å². The Morgan fingerprint density at radius 1 is 1.45 bits per heavy atom. The molecule has 112 valence electrons. The van der Waals surface area contributed by atoms with Gasteiger partial charge < -0.3 is 15.0 Å². The van der Waals surface area contributed by atoms with Crippen molar-refractivity contribution in [2.75, 3.05) is 19.6 Å². The van der Waals surface area contributed by atoms with E-state index in [0.717, 1.165) is 0 Å². The van der Waals surface area contributed by atoms with Crippen molar-refractivity contribution in [3.63, 3.8) is 0 Å². The van der Waals surface area contributed by atoms with Crippen molar-refractivity contribution in [3.05, 3.63) is 29.8 Å². The molecular formula is C13H17ClF2N2O2. The number of carbonyl (C=O) groups excluding carboxylic acids is 1. The molecule has 0 unspecified atom stereocenters. The fourth-order valence-electron chi connectivity index (χ4n) is 2.13. The number of benzene rings is 1. The van der Waals surface area contributed by atoms with Crippen molar-refractivity contribution < 1.29 is 18.3 Å². The van der Waals surface area contributed by atoms with Crippen molar-refractivity contribution >= 4 is 18.3 Å². The highest BCUT2D eigenvalue weighted by atomic mass is 35.5. The molecule has 2 rings (SSSR count). The number of nitrogens with zero attached hydrogens (tertiary/aromatic N) is 1. The third-order valence-electron chi connectivity index (χ3n) is 2.99. The van der Waals surface area contributed by atoms with Crippen molar-refractivity contribution in [2.45, 2.75) is 19.6 Å². The minimum atomic E-state index is -2.93. The van der Waals surface area contributed by atoms with Gasteiger partial charge in [-0.15, -0.1) is 12.4 Å². The number of hydrogen-bond acceptors (Lipinski definition) is 3. The Kier molecular flexibility index (Phi) is 6.16. The highest BCUT2D eigenvalue weighted by Gasteiger charge is 2.24. The first-order valence-corrected chi connectivity index (χ1v) is 6.14. The Labute approximate surface area is 122 Å². The van der Waals surface area contributed by atoms with Crippen molar-refractivity contribution in [3.8, 4) is 5.75 Å². The minimum Gasteiger partial charge on any atom is -0.434 e. The monoisotopic (exact) mass is 306 g/mol. The summed E-state index contributed by atoms with van der Waals surface area (Å²) in [4.78, 5) is 14.0. The largest absolute Gasteiger partial charge is 0.434 e. The van der Waals surface area contributed by atoms with Crippen LogP contribution < -0.4 is 10.1 Å². The summed E-state index contributed by atoms with van der Waals surface area (Å²) < 4.78 is 29.0. The maximum absolute atomic E-state index is 12.3. The first kappa shape index (κ1) is 16.7. The van der Waals surface area contributed by atoms with Gasteiger partial charge in [0.15, 0.2) is 0 Å². The molecule has 0 spiro atoms. The molecule has 1 fully saturated rings. The number of hydrogen-bond donors (Lipinski definition) is 1. The molecule has 0 aromatic heterocycles. The highest BCUT2D eigenvalue weighted by molar-refractivity contribution is 5.97. The number of carbonyl (C=O) groups is 1. The van der Waals surface area contributed by atoms with E-state index < -0.39 is 6.61 Å². The lowest BCUT2D eigenvalue weighted by Gasteiger charge is -2.32. The van der Waals surface area contributed by atoms with E-state index in [1.54, 1.807) is 17.0 Å². The van der Waals surface area contributed by atoms with E-state index in [-0.39, 0.29) is 35.7 Å². The SMILES string of the molecule is C[C@@H]1CN(C(=O)c2ccccc2OC(F)F)CCN1.Cl. The van der Waals surface area contributed by atoms with Crippen molar-refractivity contribution in [1.82, 2.24) is 10.2 Å². The number of rotatable bonds is 3. The van der Waals surface area contributed by atoms with E-state index >= 15 is 0 Å². The molecule has 4 nitrogen and oxygen atoms in total. The zero-order valence-electron chi connectivity index (χ0n) is 11.0. The lowest BCUT2D eigenvalue weighted by molar-refractivity contribution is -0.0503. The number of nitrogens with one attached hydrogen (secondary N) is 1. The maximum Gasteiger partial charge on any atom is 0.387 e. The van der Waals surface area contributed by atoms with Crippen LogP contribution in [0, 0.1) is 0 Å². The fraction of sp³-hybridized carbons (Fsp3) is 0.462. The van der Waals surface area contributed by atoms with E-state index in [9.17, 15) is 13.6 Å². The van der Waals surface area contributed by atoms with E-state index in [2.05, 4.69) is 10.1 Å². The number of halogens is 3. The molecule has 0 bridgehead atoms. The van der Waals surface area contributed by atoms with E-state index in [1.165, 1.54) is 12.1 Å². The molecule has 1 atom stereocenters. The third kappa shape index (κ3) is 4.05. The second-order valence-electron chi connectivity index (χ2n) is 4.48. The zero-order chi connectivity index (χ0) is 13.8. The molecule has 20 heavy (non-hydrogen) atoms. The van der Waals surface area contributed by atoms with Gasteiger partial charge in [-0.3, -0.25) is 4.79 Å². The average Bonchev–Trinajstić information content (AvgIpc) is 2.38. The molecule has 1 aliphatic heterocycles. The van der Waals surface area contributed by atoms with Crippen LogP contribution in [0.25, 0.3) is 0 Å². The van der Waals surface area contributed by atoms with Crippen molar-refractivity contribution in [2.24, 2.45) is 0 Å². The minimum absolute atomic E-state index is 0. The van der Waals surface area contributed by atoms with Crippen LogP contribution in [0.5, 0.6) is 5.75 Å². The quantitative estimate of drug-likeness (QED) is 0.930. The number of para-hydroxylation sites is 1. The molecule has 1 N–H and O–H groups in total. The molecule has 1 amide bonds. The van der Waals surface area contributed by atoms with E-state index in [4.69, 9.17) is 0 Å². The summed E-state index contributed by atoms with van der Waals surface area (Å²) >= 11 is 0. The van der Waals surface area contributed by atoms with Crippen LogP contribution in [0.1, 0.15) is 17.3 Å². The van der Waals surface area contributed by atoms with Gasteiger partial charge in [0.1, 0.15) is 5.75 Å². The fourth-order valence-corrected chi connectivity index (χ4v) is 2.13. The Morgan fingerprint density at radius 2 is 2.15 bits per heavy atom. The van der Waals surface area contributed by atoms with Gasteiger partial charge in [0.25, 0.3) is 5.91 Å². The average molecular weight is 307 g/mol. The molecule has 0 aliphatic carbocycles. The first-order chi connectivity index (χ1) is 9.08. The van der Waals surface area contributed by atoms with Gasteiger partial charge in [-0.05, 0) is 19.1 Å². The van der Waals surface area contributed by atoms with Crippen LogP contribution >= 0.6 is 12.4 Å². The van der Waals surface area contributed by atoms with Crippen LogP contribution in [0.2, 0.25) is 0 Å². The molecule has 0 saturated carbocycles. The molecule has 0 radical (unpaired) electrons. The predicted molar refractivity (Wildman–Crippen MR) is 73.7 cm³/mol. The first-order valence-electron chi connectivity index (χ1n) is 6.14. The topological polar surface area (TPSA) is 41.6 Å². The van der Waals surface area contributed by atoms with E-state index in [0.29, 0.717) is 19.6 Å². The number of piperazine rings is 1. The predicted octanol–water partition coefficient (Wildman–Crippen LogP) is 2.14. The summed E-state index contributed by atoms with van der Waals surface area (Å²) in [5, 5.41) is 3.22. The molecule has 1 heterocycles. The molecule has 1 saturated heterocycles. The lowest BCUT2D eigenvalue weighted by Crippen LogP contribution is -2.51. The summed E-state index contributed by atoms with van der Waals surface area (Å²) in [6.45, 7) is 0.857. The zero-order valence-corrected chi connectivity index (χ0v) is 11.8. The second-order valence-corrected chi connectivity index (χ2v) is 4.48. The van der Waals surface area contributed by atoms with Crippen LogP contribution in [0.3, 0.4) is 0 Å².